The van der Waals surface area contributed by atoms with Crippen molar-refractivity contribution in [3.05, 3.63) is 59.2 Å². The highest BCUT2D eigenvalue weighted by Crippen LogP contribution is 2.09. The summed E-state index contributed by atoms with van der Waals surface area (Å²) in [6.07, 6.45) is 2.72. The molecule has 2 aromatic heterocycles. The molecule has 136 valence electrons. The first-order valence-corrected chi connectivity index (χ1v) is 7.21. The van der Waals surface area contributed by atoms with Gasteiger partial charge in [0.15, 0.2) is 11.4 Å². The van der Waals surface area contributed by atoms with Crippen molar-refractivity contribution in [2.45, 2.75) is 0 Å². The van der Waals surface area contributed by atoms with Gasteiger partial charge in [0.25, 0.3) is 5.24 Å². The molecular weight excluding hydrogens is 368 g/mol. The molecule has 0 radical (unpaired) electrons. The first kappa shape index (κ1) is 20.7. The first-order chi connectivity index (χ1) is 12.3. The van der Waals surface area contributed by atoms with Crippen molar-refractivity contribution in [2.24, 2.45) is 0 Å². The van der Waals surface area contributed by atoms with Crippen LogP contribution in [-0.2, 0) is 9.47 Å². The van der Waals surface area contributed by atoms with Crippen LogP contribution in [0.3, 0.4) is 0 Å². The minimum atomic E-state index is -1.20. The summed E-state index contributed by atoms with van der Waals surface area (Å²) >= 11 is 5.22. The van der Waals surface area contributed by atoms with E-state index in [1.54, 1.807) is 0 Å². The third-order valence-electron chi connectivity index (χ3n) is 2.82. The number of halogens is 1. The number of aromatic nitrogens is 2. The van der Waals surface area contributed by atoms with Gasteiger partial charge in [-0.15, -0.1) is 0 Å². The monoisotopic (exact) mass is 380 g/mol. The second-order valence-electron chi connectivity index (χ2n) is 4.36. The Balaban J connectivity index is 0.000000260. The molecular formula is C16H13ClN2O7. The van der Waals surface area contributed by atoms with Crippen LogP contribution in [0.5, 0.6) is 0 Å². The highest BCUT2D eigenvalue weighted by Gasteiger charge is 2.17. The van der Waals surface area contributed by atoms with E-state index in [9.17, 15) is 19.2 Å². The predicted molar refractivity (Wildman–Crippen MR) is 88.3 cm³/mol. The number of hydrogen-bond acceptors (Lipinski definition) is 8. The maximum Gasteiger partial charge on any atom is 0.357 e. The van der Waals surface area contributed by atoms with E-state index in [4.69, 9.17) is 16.7 Å². The van der Waals surface area contributed by atoms with Gasteiger partial charge in [0.1, 0.15) is 0 Å². The molecule has 2 rings (SSSR count). The summed E-state index contributed by atoms with van der Waals surface area (Å²) in [6, 6.07) is 5.66. The number of carboxylic acid groups (broad SMARTS) is 1. The van der Waals surface area contributed by atoms with Crippen molar-refractivity contribution in [3.63, 3.8) is 0 Å². The highest BCUT2D eigenvalue weighted by atomic mass is 35.5. The van der Waals surface area contributed by atoms with Gasteiger partial charge in [-0.25, -0.2) is 24.4 Å². The number of pyridine rings is 2. The largest absolute Gasteiger partial charge is 0.478 e. The van der Waals surface area contributed by atoms with Gasteiger partial charge in [0, 0.05) is 12.4 Å². The molecule has 9 nitrogen and oxygen atoms in total. The van der Waals surface area contributed by atoms with E-state index in [2.05, 4.69) is 19.4 Å². The van der Waals surface area contributed by atoms with Crippen LogP contribution in [0.2, 0.25) is 0 Å². The van der Waals surface area contributed by atoms with E-state index in [0.29, 0.717) is 0 Å². The first-order valence-electron chi connectivity index (χ1n) is 6.83. The summed E-state index contributed by atoms with van der Waals surface area (Å²) in [5.41, 5.74) is -0.354. The molecule has 0 aliphatic heterocycles. The Labute approximate surface area is 152 Å². The second kappa shape index (κ2) is 9.84. The zero-order chi connectivity index (χ0) is 19.7. The van der Waals surface area contributed by atoms with Crippen molar-refractivity contribution in [1.29, 1.82) is 0 Å². The van der Waals surface area contributed by atoms with Gasteiger partial charge in [0.05, 0.1) is 25.3 Å². The van der Waals surface area contributed by atoms with Crippen LogP contribution in [0, 0.1) is 0 Å². The molecule has 2 aromatic rings. The van der Waals surface area contributed by atoms with Gasteiger partial charge in [-0.3, -0.25) is 4.79 Å². The Bertz CT molecular complexity index is 769. The molecule has 2 heterocycles. The summed E-state index contributed by atoms with van der Waals surface area (Å²) in [7, 11) is 2.38. The molecule has 0 spiro atoms. The summed E-state index contributed by atoms with van der Waals surface area (Å²) in [4.78, 5) is 50.7. The van der Waals surface area contributed by atoms with Gasteiger partial charge < -0.3 is 14.6 Å². The van der Waals surface area contributed by atoms with E-state index in [-0.39, 0.29) is 22.5 Å². The standard InChI is InChI=1S/C8H6ClNO3.C8H7NO4/c1-13-8(12)6-5(7(9)11)3-2-4-10-6;1-13-8(12)6-5(7(10)11)3-2-4-9-6/h2-4H,1H3;2-4H,1H3,(H,10,11). The quantitative estimate of drug-likeness (QED) is 0.622. The summed E-state index contributed by atoms with van der Waals surface area (Å²) in [5.74, 6) is -2.63. The average molecular weight is 381 g/mol. The molecule has 0 atom stereocenters. The van der Waals surface area contributed by atoms with Crippen LogP contribution >= 0.6 is 11.6 Å². The highest BCUT2D eigenvalue weighted by molar-refractivity contribution is 6.68. The SMILES string of the molecule is COC(=O)c1ncccc1C(=O)Cl.COC(=O)c1ncccc1C(=O)O. The number of carbonyl (C=O) groups excluding carboxylic acids is 3. The van der Waals surface area contributed by atoms with E-state index < -0.39 is 23.2 Å². The lowest BCUT2D eigenvalue weighted by Gasteiger charge is -2.00. The lowest BCUT2D eigenvalue weighted by atomic mass is 10.2. The Morgan fingerprint density at radius 2 is 1.31 bits per heavy atom. The summed E-state index contributed by atoms with van der Waals surface area (Å²) < 4.78 is 8.78. The average Bonchev–Trinajstić information content (AvgIpc) is 2.67. The van der Waals surface area contributed by atoms with Crippen LogP contribution in [0.15, 0.2) is 36.7 Å². The number of aromatic carboxylic acids is 1. The Morgan fingerprint density at radius 1 is 0.885 bits per heavy atom. The minimum Gasteiger partial charge on any atom is -0.478 e. The van der Waals surface area contributed by atoms with Crippen LogP contribution < -0.4 is 0 Å². The normalized spacial score (nSPS) is 9.35. The molecule has 0 aliphatic rings. The maximum absolute atomic E-state index is 11.0. The lowest BCUT2D eigenvalue weighted by Crippen LogP contribution is -2.11. The third-order valence-corrected chi connectivity index (χ3v) is 3.02. The van der Waals surface area contributed by atoms with Crippen molar-refractivity contribution >= 4 is 34.8 Å². The molecule has 0 unspecified atom stereocenters. The lowest BCUT2D eigenvalue weighted by molar-refractivity contribution is 0.0574. The number of ether oxygens (including phenoxy) is 2. The van der Waals surface area contributed by atoms with E-state index in [0.717, 1.165) is 0 Å². The fourth-order valence-electron chi connectivity index (χ4n) is 1.66. The van der Waals surface area contributed by atoms with Gasteiger partial charge in [-0.05, 0) is 35.9 Å². The van der Waals surface area contributed by atoms with Gasteiger partial charge in [-0.1, -0.05) is 0 Å². The molecule has 10 heteroatoms. The van der Waals surface area contributed by atoms with E-state index in [1.807, 2.05) is 0 Å². The van der Waals surface area contributed by atoms with Gasteiger partial charge in [-0.2, -0.15) is 0 Å². The fraction of sp³-hybridized carbons (Fsp3) is 0.125. The number of carbonyl (C=O) groups is 4. The third kappa shape index (κ3) is 5.35. The Kier molecular flexibility index (Phi) is 7.84. The maximum atomic E-state index is 11.0. The number of nitrogens with zero attached hydrogens (tertiary/aromatic N) is 2. The van der Waals surface area contributed by atoms with Crippen molar-refractivity contribution in [1.82, 2.24) is 9.97 Å². The van der Waals surface area contributed by atoms with Crippen molar-refractivity contribution < 1.29 is 33.8 Å². The smallest absolute Gasteiger partial charge is 0.357 e. The molecule has 0 bridgehead atoms. The summed E-state index contributed by atoms with van der Waals surface area (Å²) in [6.45, 7) is 0. The zero-order valence-electron chi connectivity index (χ0n) is 13.6. The van der Waals surface area contributed by atoms with Crippen molar-refractivity contribution in [2.75, 3.05) is 14.2 Å². The topological polar surface area (TPSA) is 133 Å². The number of rotatable bonds is 4. The number of hydrogen-bond donors (Lipinski definition) is 1. The molecule has 26 heavy (non-hydrogen) atoms. The summed E-state index contributed by atoms with van der Waals surface area (Å²) in [5, 5.41) is 7.93. The number of methoxy groups -OCH3 is 2. The molecule has 0 amide bonds. The van der Waals surface area contributed by atoms with Crippen LogP contribution in [0.1, 0.15) is 41.7 Å². The Hall–Kier alpha value is -3.33. The molecule has 0 fully saturated rings. The molecule has 0 aliphatic carbocycles. The molecule has 0 aromatic carbocycles. The minimum absolute atomic E-state index is 0.0519. The Morgan fingerprint density at radius 3 is 1.69 bits per heavy atom. The van der Waals surface area contributed by atoms with E-state index >= 15 is 0 Å². The predicted octanol–water partition coefficient (Wildman–Crippen LogP) is 1.81. The van der Waals surface area contributed by atoms with E-state index in [1.165, 1.54) is 50.9 Å². The molecule has 1 N–H and O–H groups in total. The fourth-order valence-corrected chi connectivity index (χ4v) is 1.81. The molecule has 0 saturated carbocycles. The van der Waals surface area contributed by atoms with Crippen LogP contribution in [0.25, 0.3) is 0 Å². The second-order valence-corrected chi connectivity index (χ2v) is 4.70. The molecule has 0 saturated heterocycles. The van der Waals surface area contributed by atoms with Gasteiger partial charge >= 0.3 is 17.9 Å². The van der Waals surface area contributed by atoms with Crippen LogP contribution in [0.4, 0.5) is 0 Å². The van der Waals surface area contributed by atoms with Gasteiger partial charge in [0.2, 0.25) is 0 Å². The van der Waals surface area contributed by atoms with Crippen LogP contribution in [-0.4, -0.2) is 52.4 Å². The number of esters is 2. The van der Waals surface area contributed by atoms with Crippen molar-refractivity contribution in [3.8, 4) is 0 Å². The zero-order valence-corrected chi connectivity index (χ0v) is 14.4. The number of carboxylic acids is 1.